The SMILES string of the molecule is O=C(NCc1ccccc1OCCO)NC1CCCc2occc21. The van der Waals surface area contributed by atoms with Gasteiger partial charge in [0, 0.05) is 24.1 Å². The molecule has 0 saturated heterocycles. The first-order valence-corrected chi connectivity index (χ1v) is 8.20. The van der Waals surface area contributed by atoms with Crippen LogP contribution in [0, 0.1) is 0 Å². The monoisotopic (exact) mass is 330 g/mol. The van der Waals surface area contributed by atoms with Gasteiger partial charge in [0.15, 0.2) is 0 Å². The summed E-state index contributed by atoms with van der Waals surface area (Å²) in [4.78, 5) is 12.2. The summed E-state index contributed by atoms with van der Waals surface area (Å²) in [5.74, 6) is 1.64. The van der Waals surface area contributed by atoms with Crippen LogP contribution in [0.15, 0.2) is 41.0 Å². The molecule has 0 fully saturated rings. The Morgan fingerprint density at radius 3 is 3.08 bits per heavy atom. The summed E-state index contributed by atoms with van der Waals surface area (Å²) in [7, 11) is 0. The average Bonchev–Trinajstić information content (AvgIpc) is 3.08. The van der Waals surface area contributed by atoms with Gasteiger partial charge in [-0.1, -0.05) is 18.2 Å². The third-order valence-electron chi connectivity index (χ3n) is 4.12. The van der Waals surface area contributed by atoms with Gasteiger partial charge in [0.1, 0.15) is 18.1 Å². The van der Waals surface area contributed by atoms with Crippen LogP contribution in [0.3, 0.4) is 0 Å². The molecular formula is C18H22N2O4. The van der Waals surface area contributed by atoms with Gasteiger partial charge in [-0.15, -0.1) is 0 Å². The van der Waals surface area contributed by atoms with Gasteiger partial charge in [-0.3, -0.25) is 0 Å². The number of carbonyl (C=O) groups excluding carboxylic acids is 1. The molecule has 0 bridgehead atoms. The Kier molecular flexibility index (Phi) is 5.38. The van der Waals surface area contributed by atoms with Crippen LogP contribution < -0.4 is 15.4 Å². The zero-order chi connectivity index (χ0) is 16.8. The van der Waals surface area contributed by atoms with E-state index in [2.05, 4.69) is 10.6 Å². The Labute approximate surface area is 140 Å². The highest BCUT2D eigenvalue weighted by Crippen LogP contribution is 2.30. The molecule has 2 amide bonds. The minimum Gasteiger partial charge on any atom is -0.491 e. The zero-order valence-electron chi connectivity index (χ0n) is 13.5. The van der Waals surface area contributed by atoms with Crippen molar-refractivity contribution in [1.29, 1.82) is 0 Å². The van der Waals surface area contributed by atoms with Gasteiger partial charge in [-0.2, -0.15) is 0 Å². The summed E-state index contributed by atoms with van der Waals surface area (Å²) >= 11 is 0. The number of aryl methyl sites for hydroxylation is 1. The Bertz CT molecular complexity index is 683. The number of aliphatic hydroxyl groups is 1. The fourth-order valence-electron chi connectivity index (χ4n) is 2.97. The van der Waals surface area contributed by atoms with Crippen LogP contribution in [0.2, 0.25) is 0 Å². The first-order valence-electron chi connectivity index (χ1n) is 8.20. The number of urea groups is 1. The van der Waals surface area contributed by atoms with Crippen LogP contribution >= 0.6 is 0 Å². The lowest BCUT2D eigenvalue weighted by atomic mass is 9.93. The van der Waals surface area contributed by atoms with Crippen molar-refractivity contribution in [2.75, 3.05) is 13.2 Å². The molecule has 0 aliphatic heterocycles. The Morgan fingerprint density at radius 1 is 1.33 bits per heavy atom. The maximum absolute atomic E-state index is 12.2. The second kappa shape index (κ2) is 7.88. The smallest absolute Gasteiger partial charge is 0.315 e. The predicted molar refractivity (Wildman–Crippen MR) is 88.8 cm³/mol. The van der Waals surface area contributed by atoms with Crippen LogP contribution in [0.4, 0.5) is 4.79 Å². The van der Waals surface area contributed by atoms with E-state index in [0.29, 0.717) is 12.3 Å². The first-order chi connectivity index (χ1) is 11.8. The summed E-state index contributed by atoms with van der Waals surface area (Å²) in [6, 6.07) is 9.17. The van der Waals surface area contributed by atoms with E-state index in [0.717, 1.165) is 36.1 Å². The molecular weight excluding hydrogens is 308 g/mol. The van der Waals surface area contributed by atoms with Gasteiger partial charge in [0.05, 0.1) is 18.9 Å². The number of furan rings is 1. The number of fused-ring (bicyclic) bond motifs is 1. The average molecular weight is 330 g/mol. The van der Waals surface area contributed by atoms with E-state index in [-0.39, 0.29) is 25.3 Å². The molecule has 2 aromatic rings. The van der Waals surface area contributed by atoms with Gasteiger partial charge in [0.2, 0.25) is 0 Å². The lowest BCUT2D eigenvalue weighted by molar-refractivity contribution is 0.200. The van der Waals surface area contributed by atoms with E-state index < -0.39 is 0 Å². The largest absolute Gasteiger partial charge is 0.491 e. The molecule has 0 radical (unpaired) electrons. The molecule has 0 spiro atoms. The van der Waals surface area contributed by atoms with Crippen molar-refractivity contribution in [3.8, 4) is 5.75 Å². The van der Waals surface area contributed by atoms with Crippen molar-refractivity contribution in [1.82, 2.24) is 10.6 Å². The number of nitrogens with one attached hydrogen (secondary N) is 2. The van der Waals surface area contributed by atoms with Gasteiger partial charge >= 0.3 is 6.03 Å². The summed E-state index contributed by atoms with van der Waals surface area (Å²) < 4.78 is 10.9. The highest BCUT2D eigenvalue weighted by molar-refractivity contribution is 5.74. The van der Waals surface area contributed by atoms with Crippen molar-refractivity contribution in [2.24, 2.45) is 0 Å². The number of amides is 2. The zero-order valence-corrected chi connectivity index (χ0v) is 13.5. The number of hydrogen-bond donors (Lipinski definition) is 3. The Hall–Kier alpha value is -2.47. The summed E-state index contributed by atoms with van der Waals surface area (Å²) in [6.45, 7) is 0.546. The molecule has 3 N–H and O–H groups in total. The lowest BCUT2D eigenvalue weighted by Gasteiger charge is -2.23. The number of hydrogen-bond acceptors (Lipinski definition) is 4. The Balaban J connectivity index is 1.55. The number of rotatable bonds is 6. The van der Waals surface area contributed by atoms with Crippen LogP contribution in [-0.2, 0) is 13.0 Å². The van der Waals surface area contributed by atoms with Crippen molar-refractivity contribution < 1.29 is 19.1 Å². The summed E-state index contributed by atoms with van der Waals surface area (Å²) in [6.07, 6.45) is 4.52. The molecule has 0 saturated carbocycles. The van der Waals surface area contributed by atoms with Crippen molar-refractivity contribution >= 4 is 6.03 Å². The van der Waals surface area contributed by atoms with E-state index in [1.807, 2.05) is 30.3 Å². The lowest BCUT2D eigenvalue weighted by Crippen LogP contribution is -2.38. The maximum Gasteiger partial charge on any atom is 0.315 e. The van der Waals surface area contributed by atoms with Gasteiger partial charge in [-0.25, -0.2) is 4.79 Å². The van der Waals surface area contributed by atoms with Gasteiger partial charge in [0.25, 0.3) is 0 Å². The van der Waals surface area contributed by atoms with Crippen molar-refractivity contribution in [3.63, 3.8) is 0 Å². The van der Waals surface area contributed by atoms with Gasteiger partial charge < -0.3 is 24.9 Å². The predicted octanol–water partition coefficient (Wildman–Crippen LogP) is 2.53. The van der Waals surface area contributed by atoms with Crippen LogP contribution in [-0.4, -0.2) is 24.4 Å². The third-order valence-corrected chi connectivity index (χ3v) is 4.12. The normalized spacial score (nSPS) is 16.3. The molecule has 1 aromatic heterocycles. The molecule has 1 aromatic carbocycles. The maximum atomic E-state index is 12.2. The highest BCUT2D eigenvalue weighted by atomic mass is 16.5. The minimum absolute atomic E-state index is 0.00613. The van der Waals surface area contributed by atoms with Crippen LogP contribution in [0.25, 0.3) is 0 Å². The fourth-order valence-corrected chi connectivity index (χ4v) is 2.97. The van der Waals surface area contributed by atoms with E-state index in [4.69, 9.17) is 14.3 Å². The fraction of sp³-hybridized carbons (Fsp3) is 0.389. The van der Waals surface area contributed by atoms with Crippen molar-refractivity contribution in [2.45, 2.75) is 31.8 Å². The molecule has 24 heavy (non-hydrogen) atoms. The second-order valence-corrected chi connectivity index (χ2v) is 5.75. The highest BCUT2D eigenvalue weighted by Gasteiger charge is 2.23. The van der Waals surface area contributed by atoms with Crippen molar-refractivity contribution in [3.05, 3.63) is 53.5 Å². The number of ether oxygens (including phenoxy) is 1. The second-order valence-electron chi connectivity index (χ2n) is 5.75. The molecule has 1 unspecified atom stereocenters. The Morgan fingerprint density at radius 2 is 2.21 bits per heavy atom. The summed E-state index contributed by atoms with van der Waals surface area (Å²) in [5.41, 5.74) is 1.94. The molecule has 1 aliphatic rings. The molecule has 6 heteroatoms. The number of carbonyl (C=O) groups is 1. The first kappa shape index (κ1) is 16.4. The van der Waals surface area contributed by atoms with E-state index in [1.54, 1.807) is 6.26 Å². The molecule has 1 heterocycles. The number of aliphatic hydroxyl groups excluding tert-OH is 1. The van der Waals surface area contributed by atoms with E-state index >= 15 is 0 Å². The van der Waals surface area contributed by atoms with E-state index in [1.165, 1.54) is 0 Å². The summed E-state index contributed by atoms with van der Waals surface area (Å²) in [5, 5.41) is 14.7. The molecule has 6 nitrogen and oxygen atoms in total. The molecule has 1 atom stereocenters. The molecule has 1 aliphatic carbocycles. The van der Waals surface area contributed by atoms with Crippen LogP contribution in [0.1, 0.15) is 35.8 Å². The standard InChI is InChI=1S/C18H22N2O4/c21-9-11-24-16-6-2-1-4-13(16)12-19-18(22)20-15-5-3-7-17-14(15)8-10-23-17/h1-2,4,6,8,10,15,21H,3,5,7,9,11-12H2,(H2,19,20,22). The third kappa shape index (κ3) is 3.89. The number of para-hydroxylation sites is 1. The topological polar surface area (TPSA) is 83.7 Å². The number of benzene rings is 1. The minimum atomic E-state index is -0.217. The van der Waals surface area contributed by atoms with Gasteiger partial charge in [-0.05, 0) is 25.0 Å². The quantitative estimate of drug-likeness (QED) is 0.760. The van der Waals surface area contributed by atoms with E-state index in [9.17, 15) is 4.79 Å². The molecule has 128 valence electrons. The van der Waals surface area contributed by atoms with Crippen LogP contribution in [0.5, 0.6) is 5.75 Å². The molecule has 3 rings (SSSR count).